The molecule has 0 aliphatic carbocycles. The Balaban J connectivity index is 2.01. The smallest absolute Gasteiger partial charge is 0.228 e. The van der Waals surface area contributed by atoms with Crippen molar-refractivity contribution in [3.63, 3.8) is 0 Å². The SMILES string of the molecule is CCCc1ccc(-c2cc(F)c(-c3cc(F)c(OCF)c(F)c3)c(F)c2)cc1. The normalized spacial score (nSPS) is 10.9. The van der Waals surface area contributed by atoms with Crippen molar-refractivity contribution in [1.29, 1.82) is 0 Å². The lowest BCUT2D eigenvalue weighted by molar-refractivity contribution is 0.176. The van der Waals surface area contributed by atoms with Crippen LogP contribution in [0.25, 0.3) is 22.3 Å². The topological polar surface area (TPSA) is 9.23 Å². The molecule has 0 aliphatic heterocycles. The molecule has 0 N–H and O–H groups in total. The monoisotopic (exact) mass is 392 g/mol. The summed E-state index contributed by atoms with van der Waals surface area (Å²) in [5.74, 6) is -5.36. The summed E-state index contributed by atoms with van der Waals surface area (Å²) in [6, 6.07) is 10.9. The van der Waals surface area contributed by atoms with Crippen LogP contribution in [-0.2, 0) is 6.42 Å². The van der Waals surface area contributed by atoms with Gasteiger partial charge in [0.05, 0.1) is 5.56 Å². The van der Waals surface area contributed by atoms with Gasteiger partial charge in [-0.05, 0) is 52.9 Å². The molecule has 0 amide bonds. The number of halogens is 5. The van der Waals surface area contributed by atoms with E-state index in [1.54, 1.807) is 12.1 Å². The first-order valence-corrected chi connectivity index (χ1v) is 8.71. The Morgan fingerprint density at radius 1 is 0.714 bits per heavy atom. The molecule has 0 aromatic heterocycles. The highest BCUT2D eigenvalue weighted by Gasteiger charge is 2.19. The number of hydrogen-bond acceptors (Lipinski definition) is 1. The molecule has 0 radical (unpaired) electrons. The van der Waals surface area contributed by atoms with Crippen molar-refractivity contribution in [3.8, 4) is 28.0 Å². The van der Waals surface area contributed by atoms with Crippen LogP contribution in [0.2, 0.25) is 0 Å². The average Bonchev–Trinajstić information content (AvgIpc) is 2.65. The first-order valence-electron chi connectivity index (χ1n) is 8.71. The molecular weight excluding hydrogens is 375 g/mol. The summed E-state index contributed by atoms with van der Waals surface area (Å²) >= 11 is 0. The van der Waals surface area contributed by atoms with E-state index in [-0.39, 0.29) is 5.56 Å². The number of benzene rings is 3. The van der Waals surface area contributed by atoms with Gasteiger partial charge in [-0.25, -0.2) is 22.0 Å². The third-order valence-electron chi connectivity index (χ3n) is 4.35. The molecular formula is C22H17F5O. The van der Waals surface area contributed by atoms with Gasteiger partial charge in [-0.1, -0.05) is 37.6 Å². The minimum Gasteiger partial charge on any atom is -0.457 e. The van der Waals surface area contributed by atoms with Crippen molar-refractivity contribution in [2.75, 3.05) is 6.86 Å². The highest BCUT2D eigenvalue weighted by Crippen LogP contribution is 2.34. The zero-order chi connectivity index (χ0) is 20.3. The first kappa shape index (κ1) is 19.9. The predicted octanol–water partition coefficient (Wildman–Crippen LogP) is 6.84. The molecule has 3 rings (SSSR count). The highest BCUT2D eigenvalue weighted by atomic mass is 19.2. The summed E-state index contributed by atoms with van der Waals surface area (Å²) in [5.41, 5.74) is 1.12. The molecule has 0 heterocycles. The van der Waals surface area contributed by atoms with Gasteiger partial charge < -0.3 is 4.74 Å². The van der Waals surface area contributed by atoms with E-state index in [9.17, 15) is 22.0 Å². The minimum atomic E-state index is -1.43. The number of aryl methyl sites for hydroxylation is 1. The molecule has 0 bridgehead atoms. The van der Waals surface area contributed by atoms with Gasteiger partial charge >= 0.3 is 0 Å². The zero-order valence-corrected chi connectivity index (χ0v) is 15.0. The second kappa shape index (κ2) is 8.42. The van der Waals surface area contributed by atoms with E-state index in [0.29, 0.717) is 23.3 Å². The van der Waals surface area contributed by atoms with E-state index in [1.807, 2.05) is 12.1 Å². The van der Waals surface area contributed by atoms with Gasteiger partial charge in [0.2, 0.25) is 6.86 Å². The predicted molar refractivity (Wildman–Crippen MR) is 97.7 cm³/mol. The summed E-state index contributed by atoms with van der Waals surface area (Å²) < 4.78 is 73.5. The molecule has 6 heteroatoms. The maximum absolute atomic E-state index is 14.6. The second-order valence-corrected chi connectivity index (χ2v) is 6.28. The molecule has 146 valence electrons. The lowest BCUT2D eigenvalue weighted by Gasteiger charge is -2.11. The number of rotatable bonds is 6. The van der Waals surface area contributed by atoms with Crippen molar-refractivity contribution < 1.29 is 26.7 Å². The Labute approximate surface area is 159 Å². The Morgan fingerprint density at radius 3 is 1.75 bits per heavy atom. The van der Waals surface area contributed by atoms with Gasteiger partial charge in [-0.2, -0.15) is 0 Å². The molecule has 0 spiro atoms. The van der Waals surface area contributed by atoms with E-state index in [1.165, 1.54) is 0 Å². The van der Waals surface area contributed by atoms with E-state index >= 15 is 0 Å². The van der Waals surface area contributed by atoms with Gasteiger partial charge in [-0.15, -0.1) is 0 Å². The standard InChI is InChI=1S/C22H17F5O/c1-2-3-13-4-6-14(7-5-13)15-8-17(24)21(18(25)9-15)16-10-19(26)22(28-12-23)20(27)11-16/h4-11H,2-3,12H2,1H3. The minimum absolute atomic E-state index is 0.306. The molecule has 0 fully saturated rings. The molecule has 3 aromatic rings. The summed E-state index contributed by atoms with van der Waals surface area (Å²) in [5, 5.41) is 0. The fourth-order valence-corrected chi connectivity index (χ4v) is 3.06. The van der Waals surface area contributed by atoms with Gasteiger partial charge in [0.15, 0.2) is 17.4 Å². The molecule has 1 nitrogen and oxygen atoms in total. The Hall–Kier alpha value is -2.89. The van der Waals surface area contributed by atoms with Gasteiger partial charge in [-0.3, -0.25) is 0 Å². The van der Waals surface area contributed by atoms with Crippen LogP contribution in [0.4, 0.5) is 22.0 Å². The Kier molecular flexibility index (Phi) is 5.97. The van der Waals surface area contributed by atoms with Gasteiger partial charge in [0.25, 0.3) is 0 Å². The van der Waals surface area contributed by atoms with E-state index in [0.717, 1.165) is 30.5 Å². The van der Waals surface area contributed by atoms with Crippen LogP contribution in [0.3, 0.4) is 0 Å². The van der Waals surface area contributed by atoms with E-state index in [2.05, 4.69) is 11.7 Å². The fourth-order valence-electron chi connectivity index (χ4n) is 3.06. The third kappa shape index (κ3) is 4.01. The molecule has 0 aliphatic rings. The Morgan fingerprint density at radius 2 is 1.25 bits per heavy atom. The van der Waals surface area contributed by atoms with Crippen LogP contribution in [0.5, 0.6) is 5.75 Å². The lowest BCUT2D eigenvalue weighted by Crippen LogP contribution is -1.99. The third-order valence-corrected chi connectivity index (χ3v) is 4.35. The maximum atomic E-state index is 14.6. The lowest BCUT2D eigenvalue weighted by atomic mass is 9.97. The molecule has 0 unspecified atom stereocenters. The average molecular weight is 392 g/mol. The van der Waals surface area contributed by atoms with Gasteiger partial charge in [0.1, 0.15) is 11.6 Å². The van der Waals surface area contributed by atoms with Gasteiger partial charge in [0, 0.05) is 0 Å². The molecule has 0 saturated carbocycles. The molecule has 0 atom stereocenters. The van der Waals surface area contributed by atoms with Crippen LogP contribution in [0.15, 0.2) is 48.5 Å². The Bertz CT molecular complexity index is 937. The van der Waals surface area contributed by atoms with Crippen molar-refractivity contribution in [2.45, 2.75) is 19.8 Å². The van der Waals surface area contributed by atoms with E-state index < -0.39 is 41.4 Å². The second-order valence-electron chi connectivity index (χ2n) is 6.28. The van der Waals surface area contributed by atoms with Crippen LogP contribution in [-0.4, -0.2) is 6.86 Å². The summed E-state index contributed by atoms with van der Waals surface area (Å²) in [4.78, 5) is 0. The first-order chi connectivity index (χ1) is 13.4. The molecule has 28 heavy (non-hydrogen) atoms. The number of hydrogen-bond donors (Lipinski definition) is 0. The van der Waals surface area contributed by atoms with Crippen LogP contribution >= 0.6 is 0 Å². The van der Waals surface area contributed by atoms with Crippen LogP contribution in [0, 0.1) is 23.3 Å². The van der Waals surface area contributed by atoms with Crippen molar-refractivity contribution in [3.05, 3.63) is 77.4 Å². The summed E-state index contributed by atoms with van der Waals surface area (Å²) in [7, 11) is 0. The molecule has 0 saturated heterocycles. The molecule has 3 aromatic carbocycles. The largest absolute Gasteiger partial charge is 0.457 e. The van der Waals surface area contributed by atoms with E-state index in [4.69, 9.17) is 0 Å². The van der Waals surface area contributed by atoms with Crippen molar-refractivity contribution in [1.82, 2.24) is 0 Å². The summed E-state index contributed by atoms with van der Waals surface area (Å²) in [6.45, 7) is 0.626. The highest BCUT2D eigenvalue weighted by molar-refractivity contribution is 5.72. The van der Waals surface area contributed by atoms with Crippen LogP contribution in [0.1, 0.15) is 18.9 Å². The quantitative estimate of drug-likeness (QED) is 0.418. The van der Waals surface area contributed by atoms with Crippen molar-refractivity contribution >= 4 is 0 Å². The zero-order valence-electron chi connectivity index (χ0n) is 15.0. The summed E-state index contributed by atoms with van der Waals surface area (Å²) in [6.07, 6.45) is 1.89. The maximum Gasteiger partial charge on any atom is 0.228 e. The number of ether oxygens (including phenoxy) is 1. The van der Waals surface area contributed by atoms with Crippen molar-refractivity contribution in [2.24, 2.45) is 0 Å². The van der Waals surface area contributed by atoms with Crippen LogP contribution < -0.4 is 4.74 Å². The number of alkyl halides is 1. The fraction of sp³-hybridized carbons (Fsp3) is 0.182.